The molecule has 0 aliphatic rings. The minimum atomic E-state index is -0.147. The Kier molecular flexibility index (Phi) is 5.90. The molecule has 0 aromatic rings. The number of hydrogen-bond donors (Lipinski definition) is 2. The minimum Gasteiger partial charge on any atom is -0.342 e. The summed E-state index contributed by atoms with van der Waals surface area (Å²) in [5.41, 5.74) is 0.00943. The normalized spacial score (nSPS) is 11.2. The van der Waals surface area contributed by atoms with Gasteiger partial charge in [-0.15, -0.1) is 0 Å². The Hall–Kier alpha value is -1.12. The molecule has 0 aliphatic heterocycles. The van der Waals surface area contributed by atoms with E-state index in [2.05, 4.69) is 29.4 Å². The molecule has 0 saturated heterocycles. The van der Waals surface area contributed by atoms with Gasteiger partial charge in [0, 0.05) is 12.1 Å². The molecule has 0 fully saturated rings. The van der Waals surface area contributed by atoms with Crippen LogP contribution in [0.15, 0.2) is 0 Å². The Labute approximate surface area is 91.4 Å². The van der Waals surface area contributed by atoms with E-state index in [0.29, 0.717) is 0 Å². The van der Waals surface area contributed by atoms with E-state index in [9.17, 15) is 4.79 Å². The Balaban J connectivity index is 3.71. The number of nitriles is 1. The number of nitrogens with one attached hydrogen (secondary N) is 2. The predicted molar refractivity (Wildman–Crippen MR) is 59.3 cm³/mol. The molecule has 5 nitrogen and oxygen atoms in total. The van der Waals surface area contributed by atoms with Gasteiger partial charge in [0.25, 0.3) is 0 Å². The van der Waals surface area contributed by atoms with Gasteiger partial charge in [0.2, 0.25) is 5.91 Å². The molecular weight excluding hydrogens is 192 g/mol. The van der Waals surface area contributed by atoms with E-state index in [0.717, 1.165) is 6.54 Å². The van der Waals surface area contributed by atoms with Gasteiger partial charge in [-0.1, -0.05) is 0 Å². The van der Waals surface area contributed by atoms with Gasteiger partial charge >= 0.3 is 0 Å². The molecule has 2 N–H and O–H groups in total. The molecule has 0 spiro atoms. The van der Waals surface area contributed by atoms with Crippen LogP contribution in [-0.2, 0) is 4.79 Å². The van der Waals surface area contributed by atoms with Gasteiger partial charge in [0.05, 0.1) is 12.6 Å². The SMILES string of the molecule is CN(C)C(C)(C)CNCC(=O)NCC#N. The van der Waals surface area contributed by atoms with Crippen LogP contribution in [0.1, 0.15) is 13.8 Å². The molecule has 0 atom stereocenters. The lowest BCUT2D eigenvalue weighted by atomic mass is 10.0. The summed E-state index contributed by atoms with van der Waals surface area (Å²) < 4.78 is 0. The zero-order chi connectivity index (χ0) is 11.9. The van der Waals surface area contributed by atoms with Crippen molar-refractivity contribution in [2.24, 2.45) is 0 Å². The fourth-order valence-corrected chi connectivity index (χ4v) is 0.841. The van der Waals surface area contributed by atoms with Crippen LogP contribution in [0.4, 0.5) is 0 Å². The first-order valence-corrected chi connectivity index (χ1v) is 4.92. The summed E-state index contributed by atoms with van der Waals surface area (Å²) in [4.78, 5) is 13.2. The average molecular weight is 212 g/mol. The number of rotatable bonds is 6. The molecule has 0 radical (unpaired) electrons. The van der Waals surface area contributed by atoms with Crippen molar-refractivity contribution in [2.45, 2.75) is 19.4 Å². The number of carbonyl (C=O) groups is 1. The quantitative estimate of drug-likeness (QED) is 0.586. The maximum absolute atomic E-state index is 11.1. The predicted octanol–water partition coefficient (Wildman–Crippen LogP) is -0.444. The molecule has 86 valence electrons. The Morgan fingerprint density at radius 1 is 1.47 bits per heavy atom. The van der Waals surface area contributed by atoms with Gasteiger partial charge in [-0.25, -0.2) is 0 Å². The molecule has 15 heavy (non-hydrogen) atoms. The van der Waals surface area contributed by atoms with Gasteiger partial charge < -0.3 is 15.5 Å². The van der Waals surface area contributed by atoms with E-state index < -0.39 is 0 Å². The molecule has 0 saturated carbocycles. The first kappa shape index (κ1) is 13.9. The standard InChI is InChI=1S/C10H20N4O/c1-10(2,14(3)4)8-12-7-9(15)13-6-5-11/h12H,6-8H2,1-4H3,(H,13,15). The van der Waals surface area contributed by atoms with Gasteiger partial charge in [-0.2, -0.15) is 5.26 Å². The van der Waals surface area contributed by atoms with Gasteiger partial charge in [0.15, 0.2) is 0 Å². The highest BCUT2D eigenvalue weighted by atomic mass is 16.1. The van der Waals surface area contributed by atoms with E-state index in [4.69, 9.17) is 5.26 Å². The second kappa shape index (κ2) is 6.38. The summed E-state index contributed by atoms with van der Waals surface area (Å²) in [5.74, 6) is -0.147. The second-order valence-corrected chi connectivity index (χ2v) is 4.25. The number of amides is 1. The monoisotopic (exact) mass is 212 g/mol. The molecule has 0 aliphatic carbocycles. The van der Waals surface area contributed by atoms with Crippen molar-refractivity contribution in [3.8, 4) is 6.07 Å². The van der Waals surface area contributed by atoms with Gasteiger partial charge in [-0.05, 0) is 27.9 Å². The molecule has 0 bridgehead atoms. The van der Waals surface area contributed by atoms with Crippen molar-refractivity contribution >= 4 is 5.91 Å². The van der Waals surface area contributed by atoms with Crippen LogP contribution in [0.25, 0.3) is 0 Å². The summed E-state index contributed by atoms with van der Waals surface area (Å²) in [5, 5.41) is 13.8. The van der Waals surface area contributed by atoms with Crippen molar-refractivity contribution in [1.82, 2.24) is 15.5 Å². The lowest BCUT2D eigenvalue weighted by molar-refractivity contribution is -0.120. The van der Waals surface area contributed by atoms with Crippen molar-refractivity contribution < 1.29 is 4.79 Å². The van der Waals surface area contributed by atoms with Crippen molar-refractivity contribution in [3.63, 3.8) is 0 Å². The smallest absolute Gasteiger partial charge is 0.234 e. The number of nitrogens with zero attached hydrogens (tertiary/aromatic N) is 2. The molecule has 5 heteroatoms. The highest BCUT2D eigenvalue weighted by Crippen LogP contribution is 2.07. The third kappa shape index (κ3) is 6.05. The van der Waals surface area contributed by atoms with Gasteiger partial charge in [-0.3, -0.25) is 4.79 Å². The lowest BCUT2D eigenvalue weighted by Crippen LogP contribution is -2.48. The van der Waals surface area contributed by atoms with Crippen LogP contribution in [-0.4, -0.2) is 50.1 Å². The van der Waals surface area contributed by atoms with Crippen LogP contribution in [0, 0.1) is 11.3 Å². The average Bonchev–Trinajstić information content (AvgIpc) is 2.14. The summed E-state index contributed by atoms with van der Waals surface area (Å²) in [6.07, 6.45) is 0. The van der Waals surface area contributed by atoms with Gasteiger partial charge in [0.1, 0.15) is 6.54 Å². The lowest BCUT2D eigenvalue weighted by Gasteiger charge is -2.32. The third-order valence-electron chi connectivity index (χ3n) is 2.42. The highest BCUT2D eigenvalue weighted by molar-refractivity contribution is 5.78. The minimum absolute atomic E-state index is 0.00943. The summed E-state index contributed by atoms with van der Waals surface area (Å²) in [6.45, 7) is 5.22. The Bertz CT molecular complexity index is 242. The maximum atomic E-state index is 11.1. The van der Waals surface area contributed by atoms with Crippen LogP contribution < -0.4 is 10.6 Å². The molecule has 0 rings (SSSR count). The van der Waals surface area contributed by atoms with Crippen molar-refractivity contribution in [3.05, 3.63) is 0 Å². The number of hydrogen-bond acceptors (Lipinski definition) is 4. The summed E-state index contributed by atoms with van der Waals surface area (Å²) >= 11 is 0. The van der Waals surface area contributed by atoms with Crippen molar-refractivity contribution in [1.29, 1.82) is 5.26 Å². The topological polar surface area (TPSA) is 68.2 Å². The number of carbonyl (C=O) groups excluding carboxylic acids is 1. The Morgan fingerprint density at radius 3 is 2.53 bits per heavy atom. The molecule has 0 heterocycles. The van der Waals surface area contributed by atoms with E-state index in [-0.39, 0.29) is 24.5 Å². The van der Waals surface area contributed by atoms with Crippen molar-refractivity contribution in [2.75, 3.05) is 33.7 Å². The zero-order valence-corrected chi connectivity index (χ0v) is 9.92. The van der Waals surface area contributed by atoms with Crippen LogP contribution >= 0.6 is 0 Å². The first-order valence-electron chi connectivity index (χ1n) is 4.92. The fourth-order valence-electron chi connectivity index (χ4n) is 0.841. The molecular formula is C10H20N4O. The van der Waals surface area contributed by atoms with E-state index in [1.807, 2.05) is 20.2 Å². The number of likely N-dealkylation sites (N-methyl/N-ethyl adjacent to an activating group) is 1. The second-order valence-electron chi connectivity index (χ2n) is 4.25. The van der Waals surface area contributed by atoms with E-state index in [1.165, 1.54) is 0 Å². The zero-order valence-electron chi connectivity index (χ0n) is 9.92. The maximum Gasteiger partial charge on any atom is 0.234 e. The largest absolute Gasteiger partial charge is 0.342 e. The van der Waals surface area contributed by atoms with E-state index in [1.54, 1.807) is 0 Å². The Morgan fingerprint density at radius 2 is 2.07 bits per heavy atom. The molecule has 0 unspecified atom stereocenters. The van der Waals surface area contributed by atoms with Crippen LogP contribution in [0.2, 0.25) is 0 Å². The highest BCUT2D eigenvalue weighted by Gasteiger charge is 2.19. The molecule has 1 amide bonds. The van der Waals surface area contributed by atoms with Crippen LogP contribution in [0.3, 0.4) is 0 Å². The van der Waals surface area contributed by atoms with E-state index >= 15 is 0 Å². The fraction of sp³-hybridized carbons (Fsp3) is 0.800. The molecule has 0 aromatic carbocycles. The summed E-state index contributed by atoms with van der Waals surface area (Å²) in [6, 6.07) is 1.86. The molecule has 0 aromatic heterocycles. The van der Waals surface area contributed by atoms with Crippen LogP contribution in [0.5, 0.6) is 0 Å². The third-order valence-corrected chi connectivity index (χ3v) is 2.42. The first-order chi connectivity index (χ1) is 6.90. The summed E-state index contributed by atoms with van der Waals surface area (Å²) in [7, 11) is 3.99.